The van der Waals surface area contributed by atoms with E-state index in [-0.39, 0.29) is 17.5 Å². The first-order valence-electron chi connectivity index (χ1n) is 10.4. The number of halogens is 1. The number of carbonyl (C=O) groups excluding carboxylic acids is 1. The largest absolute Gasteiger partial charge is 0.345 e. The monoisotopic (exact) mass is 417 g/mol. The minimum absolute atomic E-state index is 0.128. The smallest absolute Gasteiger partial charge is 0.254 e. The predicted molar refractivity (Wildman–Crippen MR) is 122 cm³/mol. The highest BCUT2D eigenvalue weighted by molar-refractivity contribution is 7.13. The Labute approximate surface area is 180 Å². The number of benzene rings is 1. The lowest BCUT2D eigenvalue weighted by atomic mass is 9.95. The zero-order valence-electron chi connectivity index (χ0n) is 17.1. The van der Waals surface area contributed by atoms with E-state index in [9.17, 15) is 9.18 Å². The first kappa shape index (κ1) is 19.3. The van der Waals surface area contributed by atoms with Crippen molar-refractivity contribution in [2.75, 3.05) is 0 Å². The van der Waals surface area contributed by atoms with E-state index in [0.29, 0.717) is 17.9 Å². The Kier molecular flexibility index (Phi) is 4.82. The second kappa shape index (κ2) is 7.51. The van der Waals surface area contributed by atoms with Gasteiger partial charge in [0.1, 0.15) is 5.82 Å². The highest BCUT2D eigenvalue weighted by Gasteiger charge is 2.40. The van der Waals surface area contributed by atoms with Crippen LogP contribution in [0.1, 0.15) is 44.1 Å². The third-order valence-corrected chi connectivity index (χ3v) is 7.35. The number of amides is 1. The molecule has 5 rings (SSSR count). The van der Waals surface area contributed by atoms with Crippen molar-refractivity contribution in [1.82, 2.24) is 5.32 Å². The van der Waals surface area contributed by atoms with Gasteiger partial charge in [0.25, 0.3) is 5.91 Å². The molecular weight excluding hydrogens is 393 g/mol. The number of thiophene rings is 1. The van der Waals surface area contributed by atoms with Crippen LogP contribution >= 0.6 is 11.3 Å². The standard InChI is InChI=1S/C26H24FNOS/c1-15-5-3-8-23(27)25(15)26(29)28-19-11-9-17(10-12-19)21-14-24(30-16(21)2)20-7-4-6-18-13-22(18)20/h3-11,14,18-19,22H,12-13H2,1-2H3,(H,28,29). The number of nitrogens with one attached hydrogen (secondary N) is 1. The Hall–Kier alpha value is -2.72. The Morgan fingerprint density at radius 2 is 2.10 bits per heavy atom. The average Bonchev–Trinajstić information content (AvgIpc) is 3.42. The summed E-state index contributed by atoms with van der Waals surface area (Å²) in [5, 5.41) is 2.95. The van der Waals surface area contributed by atoms with Gasteiger partial charge in [-0.1, -0.05) is 48.6 Å². The van der Waals surface area contributed by atoms with Crippen LogP contribution in [0, 0.1) is 31.5 Å². The van der Waals surface area contributed by atoms with Gasteiger partial charge < -0.3 is 5.32 Å². The molecule has 30 heavy (non-hydrogen) atoms. The van der Waals surface area contributed by atoms with Crippen molar-refractivity contribution in [3.05, 3.63) is 93.0 Å². The maximum absolute atomic E-state index is 14.1. The first-order chi connectivity index (χ1) is 14.5. The topological polar surface area (TPSA) is 29.1 Å². The second-order valence-electron chi connectivity index (χ2n) is 8.36. The molecule has 4 heteroatoms. The van der Waals surface area contributed by atoms with Gasteiger partial charge in [-0.05, 0) is 72.9 Å². The summed E-state index contributed by atoms with van der Waals surface area (Å²) in [6, 6.07) is 6.90. The van der Waals surface area contributed by atoms with Crippen molar-refractivity contribution in [1.29, 1.82) is 0 Å². The summed E-state index contributed by atoms with van der Waals surface area (Å²) >= 11 is 1.87. The van der Waals surface area contributed by atoms with Gasteiger partial charge in [-0.15, -0.1) is 11.3 Å². The molecule has 1 aromatic heterocycles. The lowest BCUT2D eigenvalue weighted by Gasteiger charge is -2.19. The predicted octanol–water partition coefficient (Wildman–Crippen LogP) is 6.24. The van der Waals surface area contributed by atoms with Crippen LogP contribution in [0.15, 0.2) is 60.7 Å². The zero-order chi connectivity index (χ0) is 20.8. The summed E-state index contributed by atoms with van der Waals surface area (Å²) in [4.78, 5) is 15.2. The molecule has 1 fully saturated rings. The zero-order valence-corrected chi connectivity index (χ0v) is 17.9. The third kappa shape index (κ3) is 3.50. The molecule has 1 saturated carbocycles. The summed E-state index contributed by atoms with van der Waals surface area (Å²) < 4.78 is 14.1. The lowest BCUT2D eigenvalue weighted by Crippen LogP contribution is -2.34. The molecule has 0 spiro atoms. The average molecular weight is 418 g/mol. The molecule has 3 aliphatic rings. The summed E-state index contributed by atoms with van der Waals surface area (Å²) in [7, 11) is 0. The molecule has 0 bridgehead atoms. The quantitative estimate of drug-likeness (QED) is 0.627. The lowest BCUT2D eigenvalue weighted by molar-refractivity contribution is 0.0940. The number of hydrogen-bond donors (Lipinski definition) is 1. The minimum Gasteiger partial charge on any atom is -0.345 e. The highest BCUT2D eigenvalue weighted by Crippen LogP contribution is 2.52. The van der Waals surface area contributed by atoms with Crippen LogP contribution in [0.3, 0.4) is 0 Å². The third-order valence-electron chi connectivity index (χ3n) is 6.25. The summed E-state index contributed by atoms with van der Waals surface area (Å²) in [6.07, 6.45) is 15.0. The highest BCUT2D eigenvalue weighted by atomic mass is 32.1. The molecule has 1 N–H and O–H groups in total. The maximum atomic E-state index is 14.1. The van der Waals surface area contributed by atoms with E-state index < -0.39 is 5.82 Å². The van der Waals surface area contributed by atoms with Crippen LogP contribution in [0.25, 0.3) is 11.1 Å². The van der Waals surface area contributed by atoms with Crippen molar-refractivity contribution in [3.63, 3.8) is 0 Å². The molecular formula is C26H24FNOS. The van der Waals surface area contributed by atoms with Crippen LogP contribution in [0.4, 0.5) is 4.39 Å². The Morgan fingerprint density at radius 3 is 2.87 bits per heavy atom. The maximum Gasteiger partial charge on any atom is 0.254 e. The van der Waals surface area contributed by atoms with E-state index in [1.807, 2.05) is 17.4 Å². The molecule has 152 valence electrons. The van der Waals surface area contributed by atoms with E-state index in [0.717, 1.165) is 5.92 Å². The van der Waals surface area contributed by atoms with Gasteiger partial charge >= 0.3 is 0 Å². The number of aryl methyl sites for hydroxylation is 2. The van der Waals surface area contributed by atoms with Crippen molar-refractivity contribution in [2.45, 2.75) is 32.7 Å². The molecule has 2 aromatic rings. The van der Waals surface area contributed by atoms with E-state index >= 15 is 0 Å². The molecule has 0 aliphatic heterocycles. The minimum atomic E-state index is -0.477. The molecule has 2 nitrogen and oxygen atoms in total. The molecule has 3 aliphatic carbocycles. The van der Waals surface area contributed by atoms with Crippen molar-refractivity contribution in [2.24, 2.45) is 11.8 Å². The van der Waals surface area contributed by atoms with Gasteiger partial charge in [0.15, 0.2) is 0 Å². The van der Waals surface area contributed by atoms with Crippen LogP contribution in [0.2, 0.25) is 0 Å². The fourth-order valence-electron chi connectivity index (χ4n) is 4.47. The van der Waals surface area contributed by atoms with Gasteiger partial charge in [0, 0.05) is 9.75 Å². The molecule has 0 radical (unpaired) electrons. The van der Waals surface area contributed by atoms with E-state index in [4.69, 9.17) is 0 Å². The number of allylic oxidation sites excluding steroid dienone is 6. The van der Waals surface area contributed by atoms with Crippen molar-refractivity contribution < 1.29 is 9.18 Å². The SMILES string of the molecule is Cc1cccc(F)c1C(=O)NC1C=CC(c2cc(C3=CC=CC4CC34)sc2C)=CC1. The van der Waals surface area contributed by atoms with Gasteiger partial charge in [0.05, 0.1) is 11.6 Å². The van der Waals surface area contributed by atoms with Gasteiger partial charge in [-0.3, -0.25) is 4.79 Å². The molecule has 3 unspecified atom stereocenters. The van der Waals surface area contributed by atoms with Crippen molar-refractivity contribution >= 4 is 28.4 Å². The van der Waals surface area contributed by atoms with E-state index in [1.165, 1.54) is 39.0 Å². The number of carbonyl (C=O) groups is 1. The Balaban J connectivity index is 1.29. The first-order valence-corrected chi connectivity index (χ1v) is 11.3. The summed E-state index contributed by atoms with van der Waals surface area (Å²) in [6.45, 7) is 3.93. The summed E-state index contributed by atoms with van der Waals surface area (Å²) in [5.74, 6) is 0.613. The van der Waals surface area contributed by atoms with E-state index in [1.54, 1.807) is 19.1 Å². The van der Waals surface area contributed by atoms with Crippen LogP contribution in [-0.2, 0) is 0 Å². The van der Waals surface area contributed by atoms with Gasteiger partial charge in [-0.25, -0.2) is 4.39 Å². The van der Waals surface area contributed by atoms with Crippen molar-refractivity contribution in [3.8, 4) is 0 Å². The second-order valence-corrected chi connectivity index (χ2v) is 9.62. The van der Waals surface area contributed by atoms with Gasteiger partial charge in [0.2, 0.25) is 0 Å². The van der Waals surface area contributed by atoms with Crippen LogP contribution in [0.5, 0.6) is 0 Å². The molecule has 3 atom stereocenters. The van der Waals surface area contributed by atoms with Gasteiger partial charge in [-0.2, -0.15) is 0 Å². The Bertz CT molecular complexity index is 1130. The number of fused-ring (bicyclic) bond motifs is 1. The molecule has 1 aromatic carbocycles. The fourth-order valence-corrected chi connectivity index (χ4v) is 5.60. The van der Waals surface area contributed by atoms with Crippen LogP contribution < -0.4 is 5.32 Å². The Morgan fingerprint density at radius 1 is 1.23 bits per heavy atom. The fraction of sp³-hybridized carbons (Fsp3) is 0.269. The molecule has 1 amide bonds. The number of rotatable bonds is 4. The van der Waals surface area contributed by atoms with E-state index in [2.05, 4.69) is 48.7 Å². The molecule has 0 saturated heterocycles. The normalized spacial score (nSPS) is 24.2. The molecule has 1 heterocycles. The van der Waals surface area contributed by atoms with Crippen LogP contribution in [-0.4, -0.2) is 11.9 Å². The number of hydrogen-bond acceptors (Lipinski definition) is 2. The summed E-state index contributed by atoms with van der Waals surface area (Å²) in [5.41, 5.74) is 4.73.